The van der Waals surface area contributed by atoms with Crippen molar-refractivity contribution in [3.63, 3.8) is 0 Å². The fraction of sp³-hybridized carbons (Fsp3) is 0.600. The molecule has 1 aliphatic heterocycles. The molecule has 2 rings (SSSR count). The number of anilines is 1. The average Bonchev–Trinajstić information content (AvgIpc) is 2.82. The molecule has 0 aromatic heterocycles. The standard InChI is InChI=1S/C15H23FN2/c1-3-7-17-10-13-6-8-18(11-13)14-5-4-12(2)15(16)9-14/h4-5,9,13,17H,3,6-8,10-11H2,1-2H3. The Morgan fingerprint density at radius 3 is 3.00 bits per heavy atom. The summed E-state index contributed by atoms with van der Waals surface area (Å²) in [5.41, 5.74) is 1.75. The predicted octanol–water partition coefficient (Wildman–Crippen LogP) is 2.96. The lowest BCUT2D eigenvalue weighted by Gasteiger charge is -2.19. The third-order valence-electron chi connectivity index (χ3n) is 3.67. The van der Waals surface area contributed by atoms with Crippen LogP contribution in [0.15, 0.2) is 18.2 Å². The maximum absolute atomic E-state index is 13.5. The van der Waals surface area contributed by atoms with Crippen LogP contribution in [0.3, 0.4) is 0 Å². The van der Waals surface area contributed by atoms with E-state index in [0.29, 0.717) is 5.92 Å². The summed E-state index contributed by atoms with van der Waals surface area (Å²) in [5.74, 6) is 0.598. The van der Waals surface area contributed by atoms with Crippen LogP contribution in [0, 0.1) is 18.7 Å². The van der Waals surface area contributed by atoms with Crippen LogP contribution in [0.25, 0.3) is 0 Å². The van der Waals surface area contributed by atoms with Crippen molar-refractivity contribution in [3.05, 3.63) is 29.6 Å². The van der Waals surface area contributed by atoms with Crippen LogP contribution in [-0.2, 0) is 0 Å². The zero-order chi connectivity index (χ0) is 13.0. The first-order chi connectivity index (χ1) is 8.70. The third kappa shape index (κ3) is 3.22. The van der Waals surface area contributed by atoms with Gasteiger partial charge in [0.2, 0.25) is 0 Å². The van der Waals surface area contributed by atoms with E-state index in [1.54, 1.807) is 13.0 Å². The SMILES string of the molecule is CCCNCC1CCN(c2ccc(C)c(F)c2)C1. The van der Waals surface area contributed by atoms with Crippen LogP contribution >= 0.6 is 0 Å². The molecular weight excluding hydrogens is 227 g/mol. The summed E-state index contributed by atoms with van der Waals surface area (Å²) in [4.78, 5) is 2.29. The number of rotatable bonds is 5. The molecule has 1 aromatic rings. The van der Waals surface area contributed by atoms with Gasteiger partial charge in [0.05, 0.1) is 0 Å². The Hall–Kier alpha value is -1.09. The average molecular weight is 250 g/mol. The van der Waals surface area contributed by atoms with Crippen molar-refractivity contribution in [2.75, 3.05) is 31.1 Å². The molecule has 0 saturated carbocycles. The molecule has 1 aliphatic rings. The van der Waals surface area contributed by atoms with Gasteiger partial charge in [0.1, 0.15) is 5.82 Å². The molecule has 0 aliphatic carbocycles. The molecule has 1 unspecified atom stereocenters. The summed E-state index contributed by atoms with van der Waals surface area (Å²) in [5, 5.41) is 3.47. The van der Waals surface area contributed by atoms with E-state index in [9.17, 15) is 4.39 Å². The lowest BCUT2D eigenvalue weighted by Crippen LogP contribution is -2.26. The van der Waals surface area contributed by atoms with Gasteiger partial charge < -0.3 is 10.2 Å². The third-order valence-corrected chi connectivity index (χ3v) is 3.67. The van der Waals surface area contributed by atoms with E-state index in [2.05, 4.69) is 17.1 Å². The fourth-order valence-corrected chi connectivity index (χ4v) is 2.50. The zero-order valence-corrected chi connectivity index (χ0v) is 11.4. The number of benzene rings is 1. The number of hydrogen-bond acceptors (Lipinski definition) is 2. The second kappa shape index (κ2) is 6.19. The Bertz CT molecular complexity index is 392. The molecule has 1 atom stereocenters. The molecule has 0 bridgehead atoms. The molecule has 1 heterocycles. The van der Waals surface area contributed by atoms with Gasteiger partial charge in [-0.1, -0.05) is 13.0 Å². The first kappa shape index (κ1) is 13.3. The van der Waals surface area contributed by atoms with Crippen LogP contribution in [0.5, 0.6) is 0 Å². The topological polar surface area (TPSA) is 15.3 Å². The highest BCUT2D eigenvalue weighted by atomic mass is 19.1. The molecule has 18 heavy (non-hydrogen) atoms. The minimum atomic E-state index is -0.0972. The van der Waals surface area contributed by atoms with Crippen LogP contribution in [0.2, 0.25) is 0 Å². The van der Waals surface area contributed by atoms with Crippen LogP contribution < -0.4 is 10.2 Å². The van der Waals surface area contributed by atoms with E-state index in [4.69, 9.17) is 0 Å². The number of halogens is 1. The number of hydrogen-bond donors (Lipinski definition) is 1. The van der Waals surface area contributed by atoms with Gasteiger partial charge in [0.25, 0.3) is 0 Å². The van der Waals surface area contributed by atoms with E-state index in [1.165, 1.54) is 12.8 Å². The molecule has 3 heteroatoms. The molecule has 1 aromatic carbocycles. The van der Waals surface area contributed by atoms with Crippen molar-refractivity contribution < 1.29 is 4.39 Å². The maximum Gasteiger partial charge on any atom is 0.128 e. The van der Waals surface area contributed by atoms with Gasteiger partial charge in [-0.2, -0.15) is 0 Å². The zero-order valence-electron chi connectivity index (χ0n) is 11.4. The van der Waals surface area contributed by atoms with Crippen molar-refractivity contribution >= 4 is 5.69 Å². The number of aryl methyl sites for hydroxylation is 1. The quantitative estimate of drug-likeness (QED) is 0.808. The van der Waals surface area contributed by atoms with E-state index in [-0.39, 0.29) is 5.82 Å². The minimum absolute atomic E-state index is 0.0972. The van der Waals surface area contributed by atoms with Gasteiger partial charge in [-0.3, -0.25) is 0 Å². The summed E-state index contributed by atoms with van der Waals surface area (Å²) < 4.78 is 13.5. The summed E-state index contributed by atoms with van der Waals surface area (Å²) in [6.07, 6.45) is 2.38. The van der Waals surface area contributed by atoms with Crippen molar-refractivity contribution in [1.82, 2.24) is 5.32 Å². The van der Waals surface area contributed by atoms with Crippen molar-refractivity contribution in [2.45, 2.75) is 26.7 Å². The second-order valence-corrected chi connectivity index (χ2v) is 5.24. The van der Waals surface area contributed by atoms with Gasteiger partial charge in [-0.15, -0.1) is 0 Å². The Morgan fingerprint density at radius 1 is 1.44 bits per heavy atom. The molecule has 0 amide bonds. The lowest BCUT2D eigenvalue weighted by molar-refractivity contribution is 0.516. The molecule has 1 saturated heterocycles. The summed E-state index contributed by atoms with van der Waals surface area (Å²) in [7, 11) is 0. The summed E-state index contributed by atoms with van der Waals surface area (Å²) >= 11 is 0. The minimum Gasteiger partial charge on any atom is -0.371 e. The highest BCUT2D eigenvalue weighted by Gasteiger charge is 2.22. The first-order valence-corrected chi connectivity index (χ1v) is 6.92. The van der Waals surface area contributed by atoms with Crippen LogP contribution in [0.1, 0.15) is 25.3 Å². The fourth-order valence-electron chi connectivity index (χ4n) is 2.50. The predicted molar refractivity (Wildman–Crippen MR) is 74.6 cm³/mol. The van der Waals surface area contributed by atoms with E-state index >= 15 is 0 Å². The number of nitrogens with one attached hydrogen (secondary N) is 1. The molecular formula is C15H23FN2. The van der Waals surface area contributed by atoms with Gasteiger partial charge in [-0.25, -0.2) is 4.39 Å². The second-order valence-electron chi connectivity index (χ2n) is 5.24. The molecule has 0 radical (unpaired) electrons. The largest absolute Gasteiger partial charge is 0.371 e. The summed E-state index contributed by atoms with van der Waals surface area (Å²) in [6, 6.07) is 5.56. The van der Waals surface area contributed by atoms with Crippen LogP contribution in [0.4, 0.5) is 10.1 Å². The highest BCUT2D eigenvalue weighted by molar-refractivity contribution is 5.49. The molecule has 1 fully saturated rings. The maximum atomic E-state index is 13.5. The van der Waals surface area contributed by atoms with Gasteiger partial charge in [0.15, 0.2) is 0 Å². The van der Waals surface area contributed by atoms with E-state index in [0.717, 1.165) is 37.4 Å². The smallest absolute Gasteiger partial charge is 0.128 e. The molecule has 0 spiro atoms. The van der Waals surface area contributed by atoms with E-state index < -0.39 is 0 Å². The van der Waals surface area contributed by atoms with Crippen LogP contribution in [-0.4, -0.2) is 26.2 Å². The summed E-state index contributed by atoms with van der Waals surface area (Å²) in [6.45, 7) is 8.25. The lowest BCUT2D eigenvalue weighted by atomic mass is 10.1. The highest BCUT2D eigenvalue weighted by Crippen LogP contribution is 2.25. The van der Waals surface area contributed by atoms with Gasteiger partial charge in [-0.05, 0) is 56.5 Å². The molecule has 100 valence electrons. The molecule has 2 nitrogen and oxygen atoms in total. The Morgan fingerprint density at radius 2 is 2.28 bits per heavy atom. The van der Waals surface area contributed by atoms with Gasteiger partial charge in [0, 0.05) is 18.8 Å². The Labute approximate surface area is 109 Å². The monoisotopic (exact) mass is 250 g/mol. The van der Waals surface area contributed by atoms with Crippen molar-refractivity contribution in [3.8, 4) is 0 Å². The molecule has 1 N–H and O–H groups in total. The van der Waals surface area contributed by atoms with Crippen molar-refractivity contribution in [2.24, 2.45) is 5.92 Å². The number of nitrogens with zero attached hydrogens (tertiary/aromatic N) is 1. The first-order valence-electron chi connectivity index (χ1n) is 6.92. The Kier molecular flexibility index (Phi) is 4.59. The van der Waals surface area contributed by atoms with Crippen molar-refractivity contribution in [1.29, 1.82) is 0 Å². The van der Waals surface area contributed by atoms with E-state index in [1.807, 2.05) is 12.1 Å². The van der Waals surface area contributed by atoms with Gasteiger partial charge >= 0.3 is 0 Å². The normalized spacial score (nSPS) is 19.5. The Balaban J connectivity index is 1.89.